The maximum atomic E-state index is 4.15. The molecule has 1 aromatic heterocycles. The summed E-state index contributed by atoms with van der Waals surface area (Å²) in [4.78, 5) is 4.15. The third-order valence-electron chi connectivity index (χ3n) is 2.16. The topological polar surface area (TPSA) is 29.9 Å². The van der Waals surface area contributed by atoms with Gasteiger partial charge in [-0.25, -0.2) is 4.98 Å². The van der Waals surface area contributed by atoms with E-state index in [0.29, 0.717) is 0 Å². The molecular formula is C11H12BrN3. The molecule has 2 rings (SSSR count). The van der Waals surface area contributed by atoms with Crippen molar-refractivity contribution in [3.63, 3.8) is 0 Å². The lowest BCUT2D eigenvalue weighted by Gasteiger charge is -2.07. The number of nitrogens with zero attached hydrogens (tertiary/aromatic N) is 2. The first-order valence-electron chi connectivity index (χ1n) is 4.73. The standard InChI is InChI=1S/C11H12BrN3/c1-13-6-11-7-14-8-15(11)10-4-2-3-9(12)5-10/h2-5,7-8,13H,6H2,1H3. The molecule has 0 aliphatic heterocycles. The number of aromatic nitrogens is 2. The van der Waals surface area contributed by atoms with Gasteiger partial charge in [-0.1, -0.05) is 22.0 Å². The van der Waals surface area contributed by atoms with Crippen molar-refractivity contribution in [3.8, 4) is 5.69 Å². The molecule has 78 valence electrons. The highest BCUT2D eigenvalue weighted by Gasteiger charge is 2.03. The van der Waals surface area contributed by atoms with Gasteiger partial charge >= 0.3 is 0 Å². The fourth-order valence-corrected chi connectivity index (χ4v) is 1.88. The van der Waals surface area contributed by atoms with Gasteiger partial charge in [-0.15, -0.1) is 0 Å². The maximum absolute atomic E-state index is 4.15. The largest absolute Gasteiger partial charge is 0.314 e. The van der Waals surface area contributed by atoms with Crippen LogP contribution in [-0.2, 0) is 6.54 Å². The minimum Gasteiger partial charge on any atom is -0.314 e. The minimum atomic E-state index is 0.812. The number of hydrogen-bond acceptors (Lipinski definition) is 2. The molecule has 0 spiro atoms. The van der Waals surface area contributed by atoms with Gasteiger partial charge in [0.1, 0.15) is 0 Å². The van der Waals surface area contributed by atoms with Gasteiger partial charge in [0.2, 0.25) is 0 Å². The van der Waals surface area contributed by atoms with E-state index < -0.39 is 0 Å². The van der Waals surface area contributed by atoms with Crippen LogP contribution in [0, 0.1) is 0 Å². The van der Waals surface area contributed by atoms with Crippen LogP contribution >= 0.6 is 15.9 Å². The van der Waals surface area contributed by atoms with Gasteiger partial charge in [0.05, 0.1) is 12.0 Å². The van der Waals surface area contributed by atoms with Crippen molar-refractivity contribution in [2.45, 2.75) is 6.54 Å². The highest BCUT2D eigenvalue weighted by Crippen LogP contribution is 2.16. The number of benzene rings is 1. The van der Waals surface area contributed by atoms with Crippen LogP contribution in [0.2, 0.25) is 0 Å². The van der Waals surface area contributed by atoms with Crippen LogP contribution in [0.25, 0.3) is 5.69 Å². The molecule has 1 N–H and O–H groups in total. The minimum absolute atomic E-state index is 0.812. The summed E-state index contributed by atoms with van der Waals surface area (Å²) < 4.78 is 3.14. The molecule has 3 nitrogen and oxygen atoms in total. The summed E-state index contributed by atoms with van der Waals surface area (Å²) in [6.07, 6.45) is 3.70. The molecule has 0 aliphatic carbocycles. The van der Waals surface area contributed by atoms with E-state index in [4.69, 9.17) is 0 Å². The zero-order chi connectivity index (χ0) is 10.7. The van der Waals surface area contributed by atoms with Gasteiger partial charge in [-0.05, 0) is 25.2 Å². The number of hydrogen-bond donors (Lipinski definition) is 1. The van der Waals surface area contributed by atoms with Crippen molar-refractivity contribution in [3.05, 3.63) is 47.0 Å². The van der Waals surface area contributed by atoms with Crippen LogP contribution in [0.1, 0.15) is 5.69 Å². The lowest BCUT2D eigenvalue weighted by molar-refractivity contribution is 0.768. The highest BCUT2D eigenvalue weighted by molar-refractivity contribution is 9.10. The van der Waals surface area contributed by atoms with Gasteiger partial charge in [-0.3, -0.25) is 0 Å². The van der Waals surface area contributed by atoms with Crippen molar-refractivity contribution < 1.29 is 0 Å². The summed E-state index contributed by atoms with van der Waals surface area (Å²) in [6.45, 7) is 0.812. The maximum Gasteiger partial charge on any atom is 0.0994 e. The molecule has 0 saturated carbocycles. The second kappa shape index (κ2) is 4.59. The Labute approximate surface area is 97.3 Å². The molecule has 0 unspecified atom stereocenters. The number of nitrogens with one attached hydrogen (secondary N) is 1. The van der Waals surface area contributed by atoms with Crippen molar-refractivity contribution in [1.82, 2.24) is 14.9 Å². The molecule has 1 aromatic carbocycles. The van der Waals surface area contributed by atoms with Gasteiger partial charge in [0, 0.05) is 22.9 Å². The fourth-order valence-electron chi connectivity index (χ4n) is 1.49. The normalized spacial score (nSPS) is 10.5. The Balaban J connectivity index is 2.40. The van der Waals surface area contributed by atoms with Gasteiger partial charge in [-0.2, -0.15) is 0 Å². The average Bonchev–Trinajstić information content (AvgIpc) is 2.66. The summed E-state index contributed by atoms with van der Waals surface area (Å²) >= 11 is 3.46. The van der Waals surface area contributed by atoms with Gasteiger partial charge < -0.3 is 9.88 Å². The van der Waals surface area contributed by atoms with E-state index in [0.717, 1.165) is 22.4 Å². The smallest absolute Gasteiger partial charge is 0.0994 e. The van der Waals surface area contributed by atoms with Gasteiger partial charge in [0.15, 0.2) is 0 Å². The first-order chi connectivity index (χ1) is 7.31. The predicted molar refractivity (Wildman–Crippen MR) is 64.0 cm³/mol. The molecule has 0 fully saturated rings. The van der Waals surface area contributed by atoms with Crippen LogP contribution in [0.3, 0.4) is 0 Å². The first-order valence-corrected chi connectivity index (χ1v) is 5.52. The third kappa shape index (κ3) is 2.27. The highest BCUT2D eigenvalue weighted by atomic mass is 79.9. The molecule has 15 heavy (non-hydrogen) atoms. The second-order valence-electron chi connectivity index (χ2n) is 3.27. The van der Waals surface area contributed by atoms with E-state index in [2.05, 4.69) is 42.9 Å². The van der Waals surface area contributed by atoms with Crippen LogP contribution in [0.4, 0.5) is 0 Å². The van der Waals surface area contributed by atoms with Crippen molar-refractivity contribution in [2.24, 2.45) is 0 Å². The Kier molecular flexibility index (Phi) is 3.18. The van der Waals surface area contributed by atoms with Crippen molar-refractivity contribution >= 4 is 15.9 Å². The van der Waals surface area contributed by atoms with E-state index in [1.807, 2.05) is 31.7 Å². The summed E-state index contributed by atoms with van der Waals surface area (Å²) in [5.41, 5.74) is 2.27. The Bertz CT molecular complexity index is 451. The summed E-state index contributed by atoms with van der Waals surface area (Å²) in [7, 11) is 1.93. The van der Waals surface area contributed by atoms with Crippen molar-refractivity contribution in [2.75, 3.05) is 7.05 Å². The molecule has 1 heterocycles. The summed E-state index contributed by atoms with van der Waals surface area (Å²) in [6, 6.07) is 8.16. The van der Waals surface area contributed by atoms with Crippen LogP contribution < -0.4 is 5.32 Å². The van der Waals surface area contributed by atoms with Crippen molar-refractivity contribution in [1.29, 1.82) is 0 Å². The SMILES string of the molecule is CNCc1cncn1-c1cccc(Br)c1. The predicted octanol–water partition coefficient (Wildman–Crippen LogP) is 2.35. The van der Waals surface area contributed by atoms with Crippen LogP contribution in [-0.4, -0.2) is 16.6 Å². The van der Waals surface area contributed by atoms with E-state index in [-0.39, 0.29) is 0 Å². The number of halogens is 1. The lowest BCUT2D eigenvalue weighted by Crippen LogP contribution is -2.09. The Morgan fingerprint density at radius 3 is 3.07 bits per heavy atom. The monoisotopic (exact) mass is 265 g/mol. The van der Waals surface area contributed by atoms with E-state index >= 15 is 0 Å². The quantitative estimate of drug-likeness (QED) is 0.924. The number of rotatable bonds is 3. The molecule has 0 amide bonds. The molecular weight excluding hydrogens is 254 g/mol. The van der Waals surface area contributed by atoms with Crippen LogP contribution in [0.15, 0.2) is 41.3 Å². The molecule has 0 bridgehead atoms. The second-order valence-corrected chi connectivity index (χ2v) is 4.18. The lowest BCUT2D eigenvalue weighted by atomic mass is 10.3. The third-order valence-corrected chi connectivity index (χ3v) is 2.65. The molecule has 0 atom stereocenters. The average molecular weight is 266 g/mol. The molecule has 0 radical (unpaired) electrons. The van der Waals surface area contributed by atoms with E-state index in [9.17, 15) is 0 Å². The van der Waals surface area contributed by atoms with Gasteiger partial charge in [0.25, 0.3) is 0 Å². The molecule has 4 heteroatoms. The van der Waals surface area contributed by atoms with Crippen LogP contribution in [0.5, 0.6) is 0 Å². The zero-order valence-corrected chi connectivity index (χ0v) is 10.0. The first kappa shape index (κ1) is 10.4. The Morgan fingerprint density at radius 1 is 1.47 bits per heavy atom. The van der Waals surface area contributed by atoms with E-state index in [1.54, 1.807) is 0 Å². The zero-order valence-electron chi connectivity index (χ0n) is 8.44. The van der Waals surface area contributed by atoms with E-state index in [1.165, 1.54) is 0 Å². The summed E-state index contributed by atoms with van der Waals surface area (Å²) in [5, 5.41) is 3.12. The molecule has 0 aliphatic rings. The number of imidazole rings is 1. The molecule has 0 saturated heterocycles. The Morgan fingerprint density at radius 2 is 2.33 bits per heavy atom. The Hall–Kier alpha value is -1.13. The molecule has 2 aromatic rings. The fraction of sp³-hybridized carbons (Fsp3) is 0.182. The summed E-state index contributed by atoms with van der Waals surface area (Å²) in [5.74, 6) is 0.